The second kappa shape index (κ2) is 7.22. The molecule has 0 aromatic heterocycles. The molecule has 4 rings (SSSR count). The number of benzene rings is 2. The van der Waals surface area contributed by atoms with Gasteiger partial charge in [0.05, 0.1) is 0 Å². The van der Waals surface area contributed by atoms with Crippen LogP contribution in [-0.2, 0) is 16.6 Å². The van der Waals surface area contributed by atoms with Gasteiger partial charge in [0.1, 0.15) is 5.82 Å². The quantitative estimate of drug-likeness (QED) is 0.779. The molecule has 0 unspecified atom stereocenters. The predicted molar refractivity (Wildman–Crippen MR) is 109 cm³/mol. The molecule has 2 N–H and O–H groups in total. The van der Waals surface area contributed by atoms with Gasteiger partial charge in [-0.1, -0.05) is 48.5 Å². The minimum absolute atomic E-state index is 0.0404. The van der Waals surface area contributed by atoms with Gasteiger partial charge in [0, 0.05) is 43.7 Å². The van der Waals surface area contributed by atoms with Crippen molar-refractivity contribution in [3.63, 3.8) is 0 Å². The van der Waals surface area contributed by atoms with Crippen LogP contribution in [0.15, 0.2) is 48.5 Å². The molecule has 150 valence electrons. The van der Waals surface area contributed by atoms with Gasteiger partial charge in [-0.2, -0.15) is 17.4 Å². The molecule has 2 aromatic carbocycles. The van der Waals surface area contributed by atoms with Crippen LogP contribution in [0.5, 0.6) is 0 Å². The first-order valence-corrected chi connectivity index (χ1v) is 11.0. The van der Waals surface area contributed by atoms with Crippen molar-refractivity contribution in [1.29, 1.82) is 0 Å². The highest BCUT2D eigenvalue weighted by atomic mass is 32.2. The van der Waals surface area contributed by atoms with E-state index < -0.39 is 10.2 Å². The Morgan fingerprint density at radius 1 is 1.14 bits per heavy atom. The molecule has 2 aromatic rings. The summed E-state index contributed by atoms with van der Waals surface area (Å²) in [7, 11) is -0.517. The standard InChI is InChI=1S/C21H26FN3O2S/c1-25(2)28(26,27)24-20-18(23-14-21(20)11-12-21)13-16-9-6-10-17(19(16)22)15-7-4-3-5-8-15/h3-10,18,20,23-24H,11-14H2,1-2H3/t18-,20+/m0/s1. The summed E-state index contributed by atoms with van der Waals surface area (Å²) in [4.78, 5) is 0. The lowest BCUT2D eigenvalue weighted by Gasteiger charge is -2.27. The van der Waals surface area contributed by atoms with E-state index >= 15 is 4.39 Å². The van der Waals surface area contributed by atoms with Crippen molar-refractivity contribution in [1.82, 2.24) is 14.3 Å². The molecule has 1 heterocycles. The predicted octanol–water partition coefficient (Wildman–Crippen LogP) is 2.55. The molecule has 2 fully saturated rings. The van der Waals surface area contributed by atoms with Gasteiger partial charge in [0.25, 0.3) is 10.2 Å². The maximum absolute atomic E-state index is 15.2. The highest BCUT2D eigenvalue weighted by molar-refractivity contribution is 7.87. The highest BCUT2D eigenvalue weighted by Crippen LogP contribution is 2.52. The van der Waals surface area contributed by atoms with Crippen LogP contribution in [0.2, 0.25) is 0 Å². The van der Waals surface area contributed by atoms with Gasteiger partial charge in [0.2, 0.25) is 0 Å². The number of halogens is 1. The third kappa shape index (κ3) is 3.59. The number of hydrogen-bond acceptors (Lipinski definition) is 3. The summed E-state index contributed by atoms with van der Waals surface area (Å²) in [5, 5.41) is 3.44. The third-order valence-corrected chi connectivity index (χ3v) is 7.54. The minimum Gasteiger partial charge on any atom is -0.311 e. The van der Waals surface area contributed by atoms with E-state index in [0.717, 1.165) is 24.9 Å². The number of nitrogens with zero attached hydrogens (tertiary/aromatic N) is 1. The smallest absolute Gasteiger partial charge is 0.279 e. The van der Waals surface area contributed by atoms with Crippen LogP contribution in [0.25, 0.3) is 11.1 Å². The van der Waals surface area contributed by atoms with Crippen molar-refractivity contribution in [2.24, 2.45) is 5.41 Å². The van der Waals surface area contributed by atoms with E-state index in [-0.39, 0.29) is 23.3 Å². The van der Waals surface area contributed by atoms with Gasteiger partial charge in [-0.3, -0.25) is 0 Å². The summed E-state index contributed by atoms with van der Waals surface area (Å²) in [6.45, 7) is 0.762. The Hall–Kier alpha value is -1.80. The van der Waals surface area contributed by atoms with Gasteiger partial charge in [-0.15, -0.1) is 0 Å². The van der Waals surface area contributed by atoms with Crippen LogP contribution in [0.4, 0.5) is 4.39 Å². The van der Waals surface area contributed by atoms with E-state index in [1.807, 2.05) is 36.4 Å². The van der Waals surface area contributed by atoms with Gasteiger partial charge in [0.15, 0.2) is 0 Å². The van der Waals surface area contributed by atoms with Crippen LogP contribution in [0.3, 0.4) is 0 Å². The monoisotopic (exact) mass is 403 g/mol. The summed E-state index contributed by atoms with van der Waals surface area (Å²) in [6.07, 6.45) is 2.42. The fourth-order valence-electron chi connectivity index (χ4n) is 4.12. The summed E-state index contributed by atoms with van der Waals surface area (Å²) in [5.74, 6) is -0.235. The fraction of sp³-hybridized carbons (Fsp3) is 0.429. The second-order valence-corrected chi connectivity index (χ2v) is 10.00. The molecule has 1 saturated carbocycles. The lowest BCUT2D eigenvalue weighted by Crippen LogP contribution is -2.51. The largest absolute Gasteiger partial charge is 0.311 e. The van der Waals surface area contributed by atoms with E-state index in [4.69, 9.17) is 0 Å². The first-order valence-electron chi connectivity index (χ1n) is 9.58. The van der Waals surface area contributed by atoms with Crippen molar-refractivity contribution in [2.75, 3.05) is 20.6 Å². The Bertz CT molecular complexity index is 959. The normalized spacial score (nSPS) is 23.4. The molecular formula is C21H26FN3O2S. The first-order chi connectivity index (χ1) is 13.3. The topological polar surface area (TPSA) is 61.4 Å². The van der Waals surface area contributed by atoms with Crippen LogP contribution in [0, 0.1) is 11.2 Å². The maximum Gasteiger partial charge on any atom is 0.279 e. The van der Waals surface area contributed by atoms with E-state index in [0.29, 0.717) is 17.5 Å². The molecule has 1 aliphatic heterocycles. The molecule has 2 aliphatic rings. The summed E-state index contributed by atoms with van der Waals surface area (Å²) in [5.41, 5.74) is 1.97. The molecule has 0 amide bonds. The van der Waals surface area contributed by atoms with E-state index in [1.54, 1.807) is 12.1 Å². The average molecular weight is 404 g/mol. The van der Waals surface area contributed by atoms with Gasteiger partial charge in [-0.05, 0) is 30.4 Å². The molecule has 28 heavy (non-hydrogen) atoms. The average Bonchev–Trinajstić information content (AvgIpc) is 3.39. The highest BCUT2D eigenvalue weighted by Gasteiger charge is 2.57. The summed E-state index contributed by atoms with van der Waals surface area (Å²) < 4.78 is 44.1. The number of rotatable bonds is 6. The van der Waals surface area contributed by atoms with Crippen LogP contribution < -0.4 is 10.0 Å². The SMILES string of the molecule is CN(C)S(=O)(=O)N[C@@H]1[C@H](Cc2cccc(-c3ccccc3)c2F)NCC12CC2. The molecule has 0 bridgehead atoms. The van der Waals surface area contributed by atoms with Crippen molar-refractivity contribution >= 4 is 10.2 Å². The Morgan fingerprint density at radius 2 is 1.86 bits per heavy atom. The van der Waals surface area contributed by atoms with Crippen LogP contribution in [0.1, 0.15) is 18.4 Å². The molecule has 1 aliphatic carbocycles. The Kier molecular flexibility index (Phi) is 5.03. The van der Waals surface area contributed by atoms with Crippen LogP contribution in [-0.4, -0.2) is 45.4 Å². The zero-order valence-electron chi connectivity index (χ0n) is 16.2. The van der Waals surface area contributed by atoms with E-state index in [1.165, 1.54) is 18.4 Å². The zero-order valence-corrected chi connectivity index (χ0v) is 17.0. The lowest BCUT2D eigenvalue weighted by molar-refractivity contribution is 0.392. The lowest BCUT2D eigenvalue weighted by atomic mass is 9.91. The Morgan fingerprint density at radius 3 is 2.50 bits per heavy atom. The molecule has 1 spiro atoms. The van der Waals surface area contributed by atoms with Crippen molar-refractivity contribution < 1.29 is 12.8 Å². The molecular weight excluding hydrogens is 377 g/mol. The van der Waals surface area contributed by atoms with Gasteiger partial charge in [-0.25, -0.2) is 4.39 Å². The number of hydrogen-bond donors (Lipinski definition) is 2. The van der Waals surface area contributed by atoms with Crippen molar-refractivity contribution in [3.8, 4) is 11.1 Å². The Labute approximate surface area is 166 Å². The zero-order chi connectivity index (χ0) is 19.9. The summed E-state index contributed by atoms with van der Waals surface area (Å²) in [6, 6.07) is 14.5. The van der Waals surface area contributed by atoms with Gasteiger partial charge < -0.3 is 5.32 Å². The Balaban J connectivity index is 1.60. The summed E-state index contributed by atoms with van der Waals surface area (Å²) >= 11 is 0. The first kappa shape index (κ1) is 19.5. The van der Waals surface area contributed by atoms with E-state index in [2.05, 4.69) is 10.0 Å². The molecule has 5 nitrogen and oxygen atoms in total. The fourth-order valence-corrected chi connectivity index (χ4v) is 5.06. The second-order valence-electron chi connectivity index (χ2n) is 8.08. The minimum atomic E-state index is -3.55. The van der Waals surface area contributed by atoms with Crippen molar-refractivity contribution in [3.05, 3.63) is 59.9 Å². The van der Waals surface area contributed by atoms with E-state index in [9.17, 15) is 8.42 Å². The maximum atomic E-state index is 15.2. The third-order valence-electron chi connectivity index (χ3n) is 6.03. The van der Waals surface area contributed by atoms with Crippen LogP contribution >= 0.6 is 0 Å². The van der Waals surface area contributed by atoms with Crippen molar-refractivity contribution in [2.45, 2.75) is 31.3 Å². The number of nitrogens with one attached hydrogen (secondary N) is 2. The van der Waals surface area contributed by atoms with Gasteiger partial charge >= 0.3 is 0 Å². The molecule has 2 atom stereocenters. The molecule has 0 radical (unpaired) electrons. The molecule has 7 heteroatoms. The molecule has 1 saturated heterocycles.